The van der Waals surface area contributed by atoms with Crippen LogP contribution in [0.15, 0.2) is 53.5 Å². The number of aliphatic imine (C=N–C) groups is 1. The maximum Gasteiger partial charge on any atom is 0.191 e. The molecule has 28 heavy (non-hydrogen) atoms. The lowest BCUT2D eigenvalue weighted by molar-refractivity contribution is 0.336. The number of hydrogen-bond donors (Lipinski definition) is 3. The first-order valence-electron chi connectivity index (χ1n) is 9.96. The van der Waals surface area contributed by atoms with Gasteiger partial charge in [0.05, 0.1) is 24.2 Å². The molecule has 3 rings (SSSR count). The number of aromatic nitrogens is 2. The van der Waals surface area contributed by atoms with Gasteiger partial charge in [-0.3, -0.25) is 0 Å². The zero-order valence-corrected chi connectivity index (χ0v) is 16.7. The average Bonchev–Trinajstić information content (AvgIpc) is 3.13. The molecule has 0 aliphatic heterocycles. The molecule has 148 valence electrons. The van der Waals surface area contributed by atoms with E-state index in [4.69, 9.17) is 9.73 Å². The molecular formula is C22H29N5O. The second kappa shape index (κ2) is 10.3. The zero-order chi connectivity index (χ0) is 19.6. The molecule has 0 fully saturated rings. The molecule has 0 aliphatic carbocycles. The third kappa shape index (κ3) is 5.49. The van der Waals surface area contributed by atoms with Crippen molar-refractivity contribution in [1.29, 1.82) is 0 Å². The lowest BCUT2D eigenvalue weighted by atomic mass is 10.2. The van der Waals surface area contributed by atoms with Crippen molar-refractivity contribution in [3.63, 3.8) is 0 Å². The number of aromatic amines is 1. The van der Waals surface area contributed by atoms with E-state index in [-0.39, 0.29) is 0 Å². The fourth-order valence-electron chi connectivity index (χ4n) is 3.02. The summed E-state index contributed by atoms with van der Waals surface area (Å²) < 4.78 is 5.68. The van der Waals surface area contributed by atoms with Gasteiger partial charge >= 0.3 is 0 Å². The SMILES string of the molecule is CCNC(=NCc1ccccc1OCC)NCCCc1nc2ccccc2[nH]1. The van der Waals surface area contributed by atoms with Crippen LogP contribution >= 0.6 is 0 Å². The fourth-order valence-corrected chi connectivity index (χ4v) is 3.02. The summed E-state index contributed by atoms with van der Waals surface area (Å²) in [5, 5.41) is 6.70. The highest BCUT2D eigenvalue weighted by molar-refractivity contribution is 5.79. The van der Waals surface area contributed by atoms with Crippen molar-refractivity contribution in [3.05, 3.63) is 59.9 Å². The van der Waals surface area contributed by atoms with Gasteiger partial charge < -0.3 is 20.4 Å². The van der Waals surface area contributed by atoms with Crippen molar-refractivity contribution >= 4 is 17.0 Å². The van der Waals surface area contributed by atoms with E-state index in [1.165, 1.54) is 0 Å². The summed E-state index contributed by atoms with van der Waals surface area (Å²) in [5.74, 6) is 2.74. The molecule has 0 radical (unpaired) electrons. The Kier molecular flexibility index (Phi) is 7.29. The van der Waals surface area contributed by atoms with Crippen LogP contribution in [0.4, 0.5) is 0 Å². The Balaban J connectivity index is 1.52. The second-order valence-electron chi connectivity index (χ2n) is 6.47. The van der Waals surface area contributed by atoms with Crippen molar-refractivity contribution in [1.82, 2.24) is 20.6 Å². The number of guanidine groups is 1. The fraction of sp³-hybridized carbons (Fsp3) is 0.364. The van der Waals surface area contributed by atoms with E-state index >= 15 is 0 Å². The van der Waals surface area contributed by atoms with E-state index in [1.54, 1.807) is 0 Å². The molecule has 0 spiro atoms. The number of fused-ring (bicyclic) bond motifs is 1. The maximum absolute atomic E-state index is 5.68. The molecule has 2 aromatic carbocycles. The minimum absolute atomic E-state index is 0.578. The van der Waals surface area contributed by atoms with Gasteiger partial charge in [-0.25, -0.2) is 9.98 Å². The molecule has 0 unspecified atom stereocenters. The van der Waals surface area contributed by atoms with Crippen LogP contribution in [0.5, 0.6) is 5.75 Å². The van der Waals surface area contributed by atoms with Gasteiger partial charge in [-0.1, -0.05) is 30.3 Å². The zero-order valence-electron chi connectivity index (χ0n) is 16.7. The number of rotatable bonds is 9. The first kappa shape index (κ1) is 19.7. The van der Waals surface area contributed by atoms with Crippen LogP contribution in [0.3, 0.4) is 0 Å². The minimum Gasteiger partial charge on any atom is -0.494 e. The van der Waals surface area contributed by atoms with Crippen LogP contribution in [0.2, 0.25) is 0 Å². The summed E-state index contributed by atoms with van der Waals surface area (Å²) in [6, 6.07) is 16.2. The molecule has 1 heterocycles. The standard InChI is InChI=1S/C22H29N5O/c1-3-23-22(25-16-17-10-5-8-13-20(17)28-4-2)24-15-9-14-21-26-18-11-6-7-12-19(18)27-21/h5-8,10-13H,3-4,9,14-16H2,1-2H3,(H,26,27)(H2,23,24,25). The molecule has 3 N–H and O–H groups in total. The topological polar surface area (TPSA) is 74.3 Å². The number of benzene rings is 2. The van der Waals surface area contributed by atoms with E-state index < -0.39 is 0 Å². The Labute approximate surface area is 166 Å². The van der Waals surface area contributed by atoms with Gasteiger partial charge in [0.1, 0.15) is 11.6 Å². The van der Waals surface area contributed by atoms with Crippen LogP contribution in [0.1, 0.15) is 31.7 Å². The van der Waals surface area contributed by atoms with Crippen molar-refractivity contribution in [2.45, 2.75) is 33.2 Å². The Morgan fingerprint density at radius 1 is 1.07 bits per heavy atom. The highest BCUT2D eigenvalue weighted by Gasteiger charge is 2.04. The van der Waals surface area contributed by atoms with Crippen molar-refractivity contribution < 1.29 is 4.74 Å². The molecule has 3 aromatic rings. The number of H-pyrrole nitrogens is 1. The third-order valence-electron chi connectivity index (χ3n) is 4.35. The van der Waals surface area contributed by atoms with E-state index in [2.05, 4.69) is 39.7 Å². The summed E-state index contributed by atoms with van der Waals surface area (Å²) in [4.78, 5) is 12.7. The highest BCUT2D eigenvalue weighted by Crippen LogP contribution is 2.18. The first-order chi connectivity index (χ1) is 13.8. The predicted molar refractivity (Wildman–Crippen MR) is 115 cm³/mol. The van der Waals surface area contributed by atoms with Crippen molar-refractivity contribution in [2.24, 2.45) is 4.99 Å². The van der Waals surface area contributed by atoms with Gasteiger partial charge in [-0.05, 0) is 38.5 Å². The summed E-state index contributed by atoms with van der Waals surface area (Å²) in [5.41, 5.74) is 3.20. The Hall–Kier alpha value is -3.02. The number of aryl methyl sites for hydroxylation is 1. The van der Waals surface area contributed by atoms with Gasteiger partial charge in [0.25, 0.3) is 0 Å². The Morgan fingerprint density at radius 2 is 1.89 bits per heavy atom. The number of nitrogens with zero attached hydrogens (tertiary/aromatic N) is 2. The quantitative estimate of drug-likeness (QED) is 0.301. The van der Waals surface area contributed by atoms with Crippen LogP contribution in [-0.2, 0) is 13.0 Å². The third-order valence-corrected chi connectivity index (χ3v) is 4.35. The van der Waals surface area contributed by atoms with Gasteiger partial charge in [0.15, 0.2) is 5.96 Å². The van der Waals surface area contributed by atoms with Gasteiger partial charge in [-0.15, -0.1) is 0 Å². The van der Waals surface area contributed by atoms with E-state index in [1.807, 2.05) is 43.3 Å². The monoisotopic (exact) mass is 379 g/mol. The lowest BCUT2D eigenvalue weighted by Gasteiger charge is -2.12. The smallest absolute Gasteiger partial charge is 0.191 e. The largest absolute Gasteiger partial charge is 0.494 e. The number of nitrogens with one attached hydrogen (secondary N) is 3. The molecule has 0 saturated carbocycles. The molecule has 6 heteroatoms. The van der Waals surface area contributed by atoms with Gasteiger partial charge in [-0.2, -0.15) is 0 Å². The number of imidazole rings is 1. The molecule has 6 nitrogen and oxygen atoms in total. The first-order valence-corrected chi connectivity index (χ1v) is 9.96. The summed E-state index contributed by atoms with van der Waals surface area (Å²) >= 11 is 0. The van der Waals surface area contributed by atoms with Crippen molar-refractivity contribution in [3.8, 4) is 5.75 Å². The van der Waals surface area contributed by atoms with E-state index in [0.29, 0.717) is 13.2 Å². The van der Waals surface area contributed by atoms with Crippen LogP contribution in [0.25, 0.3) is 11.0 Å². The van der Waals surface area contributed by atoms with Gasteiger partial charge in [0.2, 0.25) is 0 Å². The average molecular weight is 380 g/mol. The molecule has 0 bridgehead atoms. The minimum atomic E-state index is 0.578. The summed E-state index contributed by atoms with van der Waals surface area (Å²) in [6.45, 7) is 6.95. The normalized spacial score (nSPS) is 11.6. The molecule has 0 amide bonds. The second-order valence-corrected chi connectivity index (χ2v) is 6.47. The van der Waals surface area contributed by atoms with Crippen LogP contribution < -0.4 is 15.4 Å². The maximum atomic E-state index is 5.68. The Bertz CT molecular complexity index is 870. The lowest BCUT2D eigenvalue weighted by Crippen LogP contribution is -2.37. The molecule has 1 aromatic heterocycles. The summed E-state index contributed by atoms with van der Waals surface area (Å²) in [6.07, 6.45) is 1.87. The number of hydrogen-bond acceptors (Lipinski definition) is 3. The highest BCUT2D eigenvalue weighted by atomic mass is 16.5. The van der Waals surface area contributed by atoms with Crippen LogP contribution in [-0.4, -0.2) is 35.6 Å². The van der Waals surface area contributed by atoms with Crippen molar-refractivity contribution in [2.75, 3.05) is 19.7 Å². The predicted octanol–water partition coefficient (Wildman–Crippen LogP) is 3.65. The Morgan fingerprint density at radius 3 is 2.71 bits per heavy atom. The summed E-state index contributed by atoms with van der Waals surface area (Å²) in [7, 11) is 0. The van der Waals surface area contributed by atoms with Crippen LogP contribution in [0, 0.1) is 0 Å². The number of para-hydroxylation sites is 3. The molecule has 0 atom stereocenters. The number of ether oxygens (including phenoxy) is 1. The van der Waals surface area contributed by atoms with Gasteiger partial charge in [0, 0.05) is 25.1 Å². The molecule has 0 saturated heterocycles. The molecular weight excluding hydrogens is 350 g/mol. The van der Waals surface area contributed by atoms with E-state index in [0.717, 1.165) is 60.1 Å². The van der Waals surface area contributed by atoms with E-state index in [9.17, 15) is 0 Å². The molecule has 0 aliphatic rings.